The zero-order valence-corrected chi connectivity index (χ0v) is 22.1. The average Bonchev–Trinajstić information content (AvgIpc) is 3.10. The summed E-state index contributed by atoms with van der Waals surface area (Å²) in [7, 11) is 10.5. The summed E-state index contributed by atoms with van der Waals surface area (Å²) in [6, 6.07) is -0.994. The van der Waals surface area contributed by atoms with Crippen LogP contribution in [0, 0.1) is 22.7 Å². The van der Waals surface area contributed by atoms with E-state index in [0.717, 1.165) is 0 Å². The van der Waals surface area contributed by atoms with E-state index in [4.69, 9.17) is 34.2 Å². The van der Waals surface area contributed by atoms with Crippen LogP contribution in [0.2, 0.25) is 0 Å². The lowest BCUT2D eigenvalue weighted by Crippen LogP contribution is -2.46. The lowest BCUT2D eigenvalue weighted by Gasteiger charge is -2.36. The number of rotatable bonds is 8. The standard InChI is InChI=1S/C20H39B2N2O5PS/c1-11-15(16(20(5,6)7)28-17(11)21)29-30(25,24-31-9)26-10-12-13(19(2,3)4)14(23-8)18(22)27-12/h11-18,23H,10H2,1-9H3,(H,24,25). The average molecular weight is 472 g/mol. The van der Waals surface area contributed by atoms with Crippen LogP contribution in [0.5, 0.6) is 0 Å². The summed E-state index contributed by atoms with van der Waals surface area (Å²) in [5.74, 6) is -0.0725. The van der Waals surface area contributed by atoms with Crippen LogP contribution in [-0.2, 0) is 23.1 Å². The molecule has 0 bridgehead atoms. The van der Waals surface area contributed by atoms with Crippen LogP contribution >= 0.6 is 19.7 Å². The third kappa shape index (κ3) is 6.54. The van der Waals surface area contributed by atoms with Crippen molar-refractivity contribution in [2.24, 2.45) is 22.7 Å². The molecule has 7 nitrogen and oxygen atoms in total. The molecule has 2 N–H and O–H groups in total. The van der Waals surface area contributed by atoms with Gasteiger partial charge in [-0.2, -0.15) is 4.49 Å². The number of hydrogen-bond donors (Lipinski definition) is 2. The van der Waals surface area contributed by atoms with E-state index in [1.54, 1.807) is 6.26 Å². The van der Waals surface area contributed by atoms with Gasteiger partial charge in [0.05, 0.1) is 24.9 Å². The molecular weight excluding hydrogens is 433 g/mol. The maximum absolute atomic E-state index is 13.7. The smallest absolute Gasteiger partial charge is 0.381 e. The predicted octanol–water partition coefficient (Wildman–Crippen LogP) is 3.08. The highest BCUT2D eigenvalue weighted by molar-refractivity contribution is 8.01. The first-order valence-corrected chi connectivity index (χ1v) is 13.6. The van der Waals surface area contributed by atoms with Gasteiger partial charge in [0, 0.05) is 29.9 Å². The third-order valence-electron chi connectivity index (χ3n) is 6.17. The van der Waals surface area contributed by atoms with Crippen LogP contribution in [0.15, 0.2) is 0 Å². The van der Waals surface area contributed by atoms with Crippen LogP contribution in [0.3, 0.4) is 0 Å². The Bertz CT molecular complexity index is 648. The number of likely N-dealkylation sites (N-methyl/N-ethyl adjacent to an activating group) is 1. The molecule has 4 radical (unpaired) electrons. The molecule has 2 fully saturated rings. The summed E-state index contributed by atoms with van der Waals surface area (Å²) >= 11 is 1.18. The first kappa shape index (κ1) is 27.7. The van der Waals surface area contributed by atoms with Crippen LogP contribution < -0.4 is 9.81 Å². The van der Waals surface area contributed by atoms with Gasteiger partial charge in [0.1, 0.15) is 15.7 Å². The Morgan fingerprint density at radius 3 is 2.16 bits per heavy atom. The van der Waals surface area contributed by atoms with Crippen molar-refractivity contribution < 1.29 is 23.1 Å². The Hall–Kier alpha value is 0.470. The molecule has 31 heavy (non-hydrogen) atoms. The molecule has 2 heterocycles. The van der Waals surface area contributed by atoms with Crippen molar-refractivity contribution >= 4 is 35.4 Å². The maximum Gasteiger partial charge on any atom is 0.415 e. The normalized spacial score (nSPS) is 39.0. The van der Waals surface area contributed by atoms with Crippen LogP contribution in [0.1, 0.15) is 48.5 Å². The Morgan fingerprint density at radius 2 is 1.68 bits per heavy atom. The van der Waals surface area contributed by atoms with Gasteiger partial charge in [-0.05, 0) is 24.1 Å². The van der Waals surface area contributed by atoms with E-state index >= 15 is 0 Å². The minimum Gasteiger partial charge on any atom is -0.381 e. The van der Waals surface area contributed by atoms with Gasteiger partial charge < -0.3 is 14.8 Å². The van der Waals surface area contributed by atoms with Gasteiger partial charge in [-0.15, -0.1) is 0 Å². The van der Waals surface area contributed by atoms with Crippen molar-refractivity contribution in [2.75, 3.05) is 19.9 Å². The fourth-order valence-electron chi connectivity index (χ4n) is 4.59. The van der Waals surface area contributed by atoms with Gasteiger partial charge >= 0.3 is 7.75 Å². The fourth-order valence-corrected chi connectivity index (χ4v) is 6.90. The summed E-state index contributed by atoms with van der Waals surface area (Å²) in [5, 5.41) is 3.26. The molecule has 0 spiro atoms. The highest BCUT2D eigenvalue weighted by Gasteiger charge is 2.51. The molecule has 2 aliphatic heterocycles. The SMILES string of the molecule is [B]C1OC(C(C)(C)C)C(OP(=O)(NSC)OCC2OC([B])C(NC)C2C(C)(C)C)C1C. The highest BCUT2D eigenvalue weighted by atomic mass is 32.2. The lowest BCUT2D eigenvalue weighted by molar-refractivity contribution is -0.0368. The van der Waals surface area contributed by atoms with E-state index < -0.39 is 25.9 Å². The second-order valence-electron chi connectivity index (χ2n) is 10.8. The van der Waals surface area contributed by atoms with Gasteiger partial charge in [0.2, 0.25) is 0 Å². The Labute approximate surface area is 195 Å². The molecule has 0 aromatic heterocycles. The van der Waals surface area contributed by atoms with E-state index in [1.807, 2.05) is 34.7 Å². The molecule has 2 saturated heterocycles. The molecule has 2 rings (SSSR count). The van der Waals surface area contributed by atoms with Crippen LogP contribution in [-0.4, -0.2) is 72.0 Å². The van der Waals surface area contributed by atoms with Crippen LogP contribution in [0.25, 0.3) is 0 Å². The van der Waals surface area contributed by atoms with Gasteiger partial charge in [-0.25, -0.2) is 4.57 Å². The number of hydrogen-bond acceptors (Lipinski definition) is 7. The Kier molecular flexibility index (Phi) is 9.29. The van der Waals surface area contributed by atoms with E-state index in [-0.39, 0.29) is 47.5 Å². The van der Waals surface area contributed by atoms with E-state index in [1.165, 1.54) is 11.9 Å². The lowest BCUT2D eigenvalue weighted by atomic mass is 9.71. The molecule has 9 unspecified atom stereocenters. The van der Waals surface area contributed by atoms with Crippen molar-refractivity contribution in [1.82, 2.24) is 9.81 Å². The summed E-state index contributed by atoms with van der Waals surface area (Å²) in [5.41, 5.74) is -0.332. The van der Waals surface area contributed by atoms with Gasteiger partial charge in [0.15, 0.2) is 0 Å². The fraction of sp³-hybridized carbons (Fsp3) is 1.00. The monoisotopic (exact) mass is 472 g/mol. The molecule has 0 amide bonds. The minimum absolute atomic E-state index is 0.0334. The van der Waals surface area contributed by atoms with Crippen LogP contribution in [0.4, 0.5) is 0 Å². The van der Waals surface area contributed by atoms with Crippen molar-refractivity contribution in [3.8, 4) is 0 Å². The molecule has 176 valence electrons. The summed E-state index contributed by atoms with van der Waals surface area (Å²) in [6.07, 6.45) is 0.657. The predicted molar refractivity (Wildman–Crippen MR) is 128 cm³/mol. The highest BCUT2D eigenvalue weighted by Crippen LogP contribution is 2.52. The molecule has 11 heteroatoms. The van der Waals surface area contributed by atoms with Crippen molar-refractivity contribution in [1.29, 1.82) is 0 Å². The van der Waals surface area contributed by atoms with Gasteiger partial charge in [-0.1, -0.05) is 60.4 Å². The Balaban J connectivity index is 2.18. The molecule has 0 aliphatic carbocycles. The minimum atomic E-state index is -3.68. The number of ether oxygens (including phenoxy) is 2. The van der Waals surface area contributed by atoms with E-state index in [2.05, 4.69) is 30.6 Å². The molecule has 0 saturated carbocycles. The van der Waals surface area contributed by atoms with Gasteiger partial charge in [-0.3, -0.25) is 9.05 Å². The zero-order valence-electron chi connectivity index (χ0n) is 20.4. The first-order chi connectivity index (χ1) is 14.1. The third-order valence-corrected chi connectivity index (χ3v) is 8.81. The quantitative estimate of drug-likeness (QED) is 0.317. The first-order valence-electron chi connectivity index (χ1n) is 10.9. The van der Waals surface area contributed by atoms with E-state index in [9.17, 15) is 4.57 Å². The number of nitrogens with one attached hydrogen (secondary N) is 2. The molecular formula is C20H39B2N2O5PS. The molecule has 2 aliphatic rings. The maximum atomic E-state index is 13.7. The van der Waals surface area contributed by atoms with Crippen molar-refractivity contribution in [3.63, 3.8) is 0 Å². The zero-order chi connectivity index (χ0) is 23.8. The molecule has 9 atom stereocenters. The Morgan fingerprint density at radius 1 is 1.06 bits per heavy atom. The van der Waals surface area contributed by atoms with Crippen molar-refractivity contribution in [3.05, 3.63) is 0 Å². The largest absolute Gasteiger partial charge is 0.415 e. The van der Waals surface area contributed by atoms with Gasteiger partial charge in [0.25, 0.3) is 0 Å². The molecule has 0 aromatic rings. The summed E-state index contributed by atoms with van der Waals surface area (Å²) < 4.78 is 40.5. The van der Waals surface area contributed by atoms with E-state index in [0.29, 0.717) is 0 Å². The summed E-state index contributed by atoms with van der Waals surface area (Å²) in [6.45, 7) is 14.6. The van der Waals surface area contributed by atoms with Crippen molar-refractivity contribution in [2.45, 2.75) is 84.8 Å². The molecule has 0 aromatic carbocycles. The second-order valence-corrected chi connectivity index (χ2v) is 13.4. The summed E-state index contributed by atoms with van der Waals surface area (Å²) in [4.78, 5) is 0. The topological polar surface area (TPSA) is 78.1 Å². The second kappa shape index (κ2) is 10.4.